The molecule has 5 rings (SSSR count). The van der Waals surface area contributed by atoms with Gasteiger partial charge in [0.05, 0.1) is 5.02 Å². The number of benzene rings is 3. The first-order valence-corrected chi connectivity index (χ1v) is 9.82. The third-order valence-corrected chi connectivity index (χ3v) is 5.63. The Hall–Kier alpha value is -2.67. The average molecular weight is 445 g/mol. The molecule has 30 heavy (non-hydrogen) atoms. The third kappa shape index (κ3) is 3.41. The molecule has 8 heteroatoms. The number of phenols is 1. The molecule has 0 aliphatic carbocycles. The Morgan fingerprint density at radius 2 is 1.80 bits per heavy atom. The second-order valence-electron chi connectivity index (χ2n) is 7.09. The lowest BCUT2D eigenvalue weighted by Crippen LogP contribution is -2.44. The number of aromatic nitrogens is 2. The number of phenolic OH excluding ortho intramolecular Hbond substituents is 1. The fourth-order valence-corrected chi connectivity index (χ4v) is 4.29. The minimum Gasteiger partial charge on any atom is -0.508 e. The number of nitrogens with zero attached hydrogens (tertiary/aromatic N) is 3. The highest BCUT2D eigenvalue weighted by Gasteiger charge is 2.22. The van der Waals surface area contributed by atoms with Crippen LogP contribution in [0, 0.1) is 5.82 Å². The quantitative estimate of drug-likeness (QED) is 0.465. The van der Waals surface area contributed by atoms with Crippen LogP contribution < -0.4 is 10.2 Å². The first-order chi connectivity index (χ1) is 14.1. The molecule has 0 saturated carbocycles. The van der Waals surface area contributed by atoms with Crippen LogP contribution in [0.3, 0.4) is 0 Å². The van der Waals surface area contributed by atoms with Gasteiger partial charge in [-0.3, -0.25) is 0 Å². The van der Waals surface area contributed by atoms with E-state index in [-0.39, 0.29) is 34.3 Å². The molecule has 1 aliphatic heterocycles. The van der Waals surface area contributed by atoms with Crippen LogP contribution in [-0.2, 0) is 0 Å². The molecule has 1 saturated heterocycles. The molecule has 0 spiro atoms. The van der Waals surface area contributed by atoms with E-state index in [9.17, 15) is 5.11 Å². The van der Waals surface area contributed by atoms with Gasteiger partial charge >= 0.3 is 0 Å². The molecule has 1 aromatic heterocycles. The van der Waals surface area contributed by atoms with Crippen molar-refractivity contribution in [3.05, 3.63) is 59.6 Å². The van der Waals surface area contributed by atoms with Crippen molar-refractivity contribution in [1.82, 2.24) is 15.3 Å². The number of hydrogen-bond donors (Lipinski definition) is 2. The molecule has 4 aromatic rings. The zero-order valence-corrected chi connectivity index (χ0v) is 17.5. The minimum absolute atomic E-state index is 0. The predicted octanol–water partition coefficient (Wildman–Crippen LogP) is 4.78. The molecule has 0 bridgehead atoms. The number of anilines is 1. The highest BCUT2D eigenvalue weighted by Crippen LogP contribution is 2.41. The zero-order valence-electron chi connectivity index (χ0n) is 15.9. The van der Waals surface area contributed by atoms with E-state index in [1.807, 2.05) is 24.3 Å². The molecule has 1 fully saturated rings. The monoisotopic (exact) mass is 444 g/mol. The third-order valence-electron chi connectivity index (χ3n) is 5.33. The van der Waals surface area contributed by atoms with E-state index in [0.29, 0.717) is 16.8 Å². The van der Waals surface area contributed by atoms with Crippen molar-refractivity contribution in [2.24, 2.45) is 0 Å². The van der Waals surface area contributed by atoms with Gasteiger partial charge in [-0.25, -0.2) is 14.4 Å². The van der Waals surface area contributed by atoms with Crippen LogP contribution in [0.4, 0.5) is 10.2 Å². The summed E-state index contributed by atoms with van der Waals surface area (Å²) in [6.45, 7) is 3.25. The molecule has 3 aromatic carbocycles. The SMILES string of the molecule is Cl.Oc1cc(-c2c(Cl)cc3c(N4CCNCC4)ncnc3c2F)c2ccccc2c1. The van der Waals surface area contributed by atoms with E-state index in [1.165, 1.54) is 12.4 Å². The molecule has 2 heterocycles. The van der Waals surface area contributed by atoms with E-state index >= 15 is 4.39 Å². The lowest BCUT2D eigenvalue weighted by Gasteiger charge is -2.29. The summed E-state index contributed by atoms with van der Waals surface area (Å²) in [7, 11) is 0. The summed E-state index contributed by atoms with van der Waals surface area (Å²) < 4.78 is 15.7. The number of nitrogens with one attached hydrogen (secondary N) is 1. The van der Waals surface area contributed by atoms with Crippen LogP contribution in [0.2, 0.25) is 5.02 Å². The normalized spacial score (nSPS) is 14.1. The molecule has 0 radical (unpaired) electrons. The summed E-state index contributed by atoms with van der Waals surface area (Å²) in [6, 6.07) is 12.4. The van der Waals surface area contributed by atoms with Gasteiger partial charge in [0.25, 0.3) is 0 Å². The molecule has 1 aliphatic rings. The van der Waals surface area contributed by atoms with Crippen LogP contribution >= 0.6 is 24.0 Å². The van der Waals surface area contributed by atoms with Gasteiger partial charge in [-0.15, -0.1) is 12.4 Å². The van der Waals surface area contributed by atoms with Crippen LogP contribution in [0.15, 0.2) is 48.8 Å². The van der Waals surface area contributed by atoms with Gasteiger partial charge in [0.2, 0.25) is 0 Å². The van der Waals surface area contributed by atoms with Crippen molar-refractivity contribution in [3.63, 3.8) is 0 Å². The number of piperazine rings is 1. The molecule has 0 amide bonds. The van der Waals surface area contributed by atoms with Gasteiger partial charge in [0, 0.05) is 37.1 Å². The van der Waals surface area contributed by atoms with Crippen molar-refractivity contribution in [2.45, 2.75) is 0 Å². The van der Waals surface area contributed by atoms with E-state index in [2.05, 4.69) is 20.2 Å². The second-order valence-corrected chi connectivity index (χ2v) is 7.50. The largest absolute Gasteiger partial charge is 0.508 e. The number of rotatable bonds is 2. The summed E-state index contributed by atoms with van der Waals surface area (Å²) in [5.41, 5.74) is 0.990. The number of halogens is 3. The van der Waals surface area contributed by atoms with Crippen molar-refractivity contribution >= 4 is 51.5 Å². The molecule has 5 nitrogen and oxygen atoms in total. The topological polar surface area (TPSA) is 61.3 Å². The van der Waals surface area contributed by atoms with Crippen molar-refractivity contribution in [1.29, 1.82) is 0 Å². The van der Waals surface area contributed by atoms with Crippen molar-refractivity contribution in [3.8, 4) is 16.9 Å². The molecule has 0 unspecified atom stereocenters. The Labute approximate surface area is 183 Å². The molecule has 0 atom stereocenters. The van der Waals surface area contributed by atoms with Gasteiger partial charge in [0.1, 0.15) is 23.4 Å². The van der Waals surface area contributed by atoms with Crippen molar-refractivity contribution in [2.75, 3.05) is 31.1 Å². The van der Waals surface area contributed by atoms with E-state index < -0.39 is 5.82 Å². The van der Waals surface area contributed by atoms with E-state index in [4.69, 9.17) is 11.6 Å². The highest BCUT2D eigenvalue weighted by molar-refractivity contribution is 6.35. The zero-order chi connectivity index (χ0) is 20.0. The fraction of sp³-hybridized carbons (Fsp3) is 0.182. The number of fused-ring (bicyclic) bond motifs is 2. The van der Waals surface area contributed by atoms with Crippen LogP contribution in [0.5, 0.6) is 5.75 Å². The molecule has 2 N–H and O–H groups in total. The Bertz CT molecular complexity index is 1240. The molecular weight excluding hydrogens is 426 g/mol. The highest BCUT2D eigenvalue weighted by atomic mass is 35.5. The summed E-state index contributed by atoms with van der Waals surface area (Å²) >= 11 is 6.60. The summed E-state index contributed by atoms with van der Waals surface area (Å²) in [6.07, 6.45) is 1.39. The Morgan fingerprint density at radius 1 is 1.03 bits per heavy atom. The van der Waals surface area contributed by atoms with Crippen LogP contribution in [-0.4, -0.2) is 41.3 Å². The second kappa shape index (κ2) is 8.22. The summed E-state index contributed by atoms with van der Waals surface area (Å²) in [5.74, 6) is 0.227. The van der Waals surface area contributed by atoms with E-state index in [0.717, 1.165) is 37.0 Å². The lowest BCUT2D eigenvalue weighted by atomic mass is 9.96. The predicted molar refractivity (Wildman–Crippen MR) is 121 cm³/mol. The van der Waals surface area contributed by atoms with Gasteiger partial charge in [-0.2, -0.15) is 0 Å². The molecule has 154 valence electrons. The first kappa shape index (κ1) is 20.6. The van der Waals surface area contributed by atoms with Gasteiger partial charge in [0.15, 0.2) is 5.82 Å². The number of hydrogen-bond acceptors (Lipinski definition) is 5. The summed E-state index contributed by atoms with van der Waals surface area (Å²) in [5, 5.41) is 15.9. The Balaban J connectivity index is 0.00000218. The van der Waals surface area contributed by atoms with E-state index in [1.54, 1.807) is 12.1 Å². The Morgan fingerprint density at radius 3 is 2.60 bits per heavy atom. The smallest absolute Gasteiger partial charge is 0.158 e. The summed E-state index contributed by atoms with van der Waals surface area (Å²) in [4.78, 5) is 10.7. The van der Waals surface area contributed by atoms with Crippen LogP contribution in [0.1, 0.15) is 0 Å². The maximum Gasteiger partial charge on any atom is 0.158 e. The Kier molecular flexibility index (Phi) is 5.64. The fourth-order valence-electron chi connectivity index (χ4n) is 3.99. The maximum atomic E-state index is 15.7. The average Bonchev–Trinajstić information content (AvgIpc) is 2.74. The number of aromatic hydroxyl groups is 1. The lowest BCUT2D eigenvalue weighted by molar-refractivity contribution is 0.476. The first-order valence-electron chi connectivity index (χ1n) is 9.44. The standard InChI is InChI=1S/C22H18ClFN4O.ClH/c23-18-11-17-21(26-12-27-22(17)28-7-5-25-6-8-28)20(24)19(18)16-10-14(29)9-13-3-1-2-4-15(13)16;/h1-4,9-12,25,29H,5-8H2;1H. The van der Waals surface area contributed by atoms with Gasteiger partial charge in [-0.05, 0) is 34.5 Å². The van der Waals surface area contributed by atoms with Gasteiger partial charge in [-0.1, -0.05) is 35.9 Å². The van der Waals surface area contributed by atoms with Crippen molar-refractivity contribution < 1.29 is 9.50 Å². The minimum atomic E-state index is -0.512. The van der Waals surface area contributed by atoms with Gasteiger partial charge < -0.3 is 15.3 Å². The molecular formula is C22H19Cl2FN4O. The maximum absolute atomic E-state index is 15.7. The van der Waals surface area contributed by atoms with Crippen LogP contribution in [0.25, 0.3) is 32.8 Å².